The molecule has 0 saturated heterocycles. The molecule has 0 unspecified atom stereocenters. The van der Waals surface area contributed by atoms with Crippen LogP contribution in [0.3, 0.4) is 0 Å². The van der Waals surface area contributed by atoms with Crippen LogP contribution in [-0.2, 0) is 0 Å². The van der Waals surface area contributed by atoms with E-state index in [0.717, 1.165) is 23.0 Å². The van der Waals surface area contributed by atoms with Gasteiger partial charge in [0.05, 0.1) is 17.5 Å². The van der Waals surface area contributed by atoms with Gasteiger partial charge in [-0.05, 0) is 19.1 Å². The number of hydrogen-bond donors (Lipinski definition) is 1. The number of aliphatic hydroxyl groups is 1. The van der Waals surface area contributed by atoms with Crippen molar-refractivity contribution in [1.29, 1.82) is 0 Å². The summed E-state index contributed by atoms with van der Waals surface area (Å²) in [5, 5.41) is 8.87. The fraction of sp³-hybridized carbons (Fsp3) is 0.100. The van der Waals surface area contributed by atoms with E-state index < -0.39 is 0 Å². The van der Waals surface area contributed by atoms with Crippen LogP contribution in [0.5, 0.6) is 0 Å². The molecule has 0 atom stereocenters. The second-order valence-electron chi connectivity index (χ2n) is 2.89. The first-order valence-electron chi connectivity index (χ1n) is 4.06. The highest BCUT2D eigenvalue weighted by Crippen LogP contribution is 2.16. The molecule has 0 aliphatic rings. The number of aliphatic hydroxyl groups excluding tert-OH is 1. The van der Waals surface area contributed by atoms with Crippen molar-refractivity contribution >= 4 is 11.1 Å². The van der Waals surface area contributed by atoms with E-state index >= 15 is 0 Å². The normalized spacial score (nSPS) is 12.2. The quantitative estimate of drug-likeness (QED) is 0.673. The highest BCUT2D eigenvalue weighted by atomic mass is 16.2. The van der Waals surface area contributed by atoms with E-state index in [1.807, 2.05) is 35.9 Å². The highest BCUT2D eigenvalue weighted by Gasteiger charge is 2.03. The van der Waals surface area contributed by atoms with Crippen LogP contribution in [0.25, 0.3) is 11.1 Å². The van der Waals surface area contributed by atoms with Gasteiger partial charge in [-0.25, -0.2) is 0 Å². The number of aromatic nitrogens is 2. The van der Waals surface area contributed by atoms with E-state index in [0.29, 0.717) is 0 Å². The third-order valence-corrected chi connectivity index (χ3v) is 2.02. The SMILES string of the molecule is CC(=CO)c1nccn2cccc12. The van der Waals surface area contributed by atoms with Crippen LogP contribution in [0.1, 0.15) is 12.6 Å². The maximum Gasteiger partial charge on any atom is 0.0929 e. The third kappa shape index (κ3) is 1.18. The molecule has 2 aromatic heterocycles. The predicted octanol–water partition coefficient (Wildman–Crippen LogP) is 2.25. The lowest BCUT2D eigenvalue weighted by Gasteiger charge is -2.01. The lowest BCUT2D eigenvalue weighted by Crippen LogP contribution is -1.91. The molecule has 0 bridgehead atoms. The zero-order valence-corrected chi connectivity index (χ0v) is 7.31. The summed E-state index contributed by atoms with van der Waals surface area (Å²) in [5.41, 5.74) is 2.59. The van der Waals surface area contributed by atoms with Crippen molar-refractivity contribution in [2.24, 2.45) is 0 Å². The van der Waals surface area contributed by atoms with Gasteiger partial charge < -0.3 is 9.51 Å². The summed E-state index contributed by atoms with van der Waals surface area (Å²) in [7, 11) is 0. The molecule has 0 saturated carbocycles. The van der Waals surface area contributed by atoms with Gasteiger partial charge in [-0.2, -0.15) is 0 Å². The molecule has 66 valence electrons. The molecule has 0 aromatic carbocycles. The first-order valence-corrected chi connectivity index (χ1v) is 4.06. The second-order valence-corrected chi connectivity index (χ2v) is 2.89. The zero-order chi connectivity index (χ0) is 9.26. The Kier molecular flexibility index (Phi) is 1.77. The van der Waals surface area contributed by atoms with Gasteiger partial charge in [-0.1, -0.05) is 0 Å². The minimum absolute atomic E-state index is 0.768. The van der Waals surface area contributed by atoms with Crippen LogP contribution in [0, 0.1) is 0 Å². The monoisotopic (exact) mass is 174 g/mol. The Morgan fingerprint density at radius 3 is 3.15 bits per heavy atom. The van der Waals surface area contributed by atoms with Gasteiger partial charge >= 0.3 is 0 Å². The average molecular weight is 174 g/mol. The summed E-state index contributed by atoms with van der Waals surface area (Å²) >= 11 is 0. The Hall–Kier alpha value is -1.77. The Labute approximate surface area is 76.0 Å². The highest BCUT2D eigenvalue weighted by molar-refractivity contribution is 5.73. The van der Waals surface area contributed by atoms with Crippen molar-refractivity contribution in [1.82, 2.24) is 9.38 Å². The van der Waals surface area contributed by atoms with Crippen molar-refractivity contribution in [3.05, 3.63) is 42.7 Å². The molecule has 13 heavy (non-hydrogen) atoms. The molecule has 0 radical (unpaired) electrons. The summed E-state index contributed by atoms with van der Waals surface area (Å²) in [6.07, 6.45) is 6.62. The van der Waals surface area contributed by atoms with Gasteiger partial charge in [0.2, 0.25) is 0 Å². The average Bonchev–Trinajstić information content (AvgIpc) is 2.63. The van der Waals surface area contributed by atoms with Crippen molar-refractivity contribution in [3.63, 3.8) is 0 Å². The first kappa shape index (κ1) is 7.86. The molecular weight excluding hydrogens is 164 g/mol. The van der Waals surface area contributed by atoms with E-state index in [1.54, 1.807) is 6.20 Å². The number of allylic oxidation sites excluding steroid dienone is 1. The van der Waals surface area contributed by atoms with Crippen molar-refractivity contribution in [3.8, 4) is 0 Å². The van der Waals surface area contributed by atoms with Gasteiger partial charge in [0, 0.05) is 24.2 Å². The molecule has 2 heterocycles. The van der Waals surface area contributed by atoms with Crippen LogP contribution >= 0.6 is 0 Å². The molecule has 0 amide bonds. The zero-order valence-electron chi connectivity index (χ0n) is 7.31. The van der Waals surface area contributed by atoms with E-state index in [4.69, 9.17) is 5.11 Å². The number of rotatable bonds is 1. The topological polar surface area (TPSA) is 37.5 Å². The predicted molar refractivity (Wildman–Crippen MR) is 51.5 cm³/mol. The van der Waals surface area contributed by atoms with Gasteiger partial charge in [-0.15, -0.1) is 0 Å². The van der Waals surface area contributed by atoms with Gasteiger partial charge in [0.15, 0.2) is 0 Å². The summed E-state index contributed by atoms with van der Waals surface area (Å²) in [6.45, 7) is 1.83. The number of hydrogen-bond acceptors (Lipinski definition) is 2. The van der Waals surface area contributed by atoms with Crippen LogP contribution in [0.15, 0.2) is 37.0 Å². The molecule has 0 fully saturated rings. The molecule has 0 aliphatic carbocycles. The summed E-state index contributed by atoms with van der Waals surface area (Å²) < 4.78 is 1.97. The van der Waals surface area contributed by atoms with Gasteiger partial charge in [0.25, 0.3) is 0 Å². The molecule has 0 aliphatic heterocycles. The molecule has 0 spiro atoms. The third-order valence-electron chi connectivity index (χ3n) is 2.02. The minimum Gasteiger partial charge on any atom is -0.515 e. The van der Waals surface area contributed by atoms with Crippen molar-refractivity contribution in [2.45, 2.75) is 6.92 Å². The maximum absolute atomic E-state index is 8.87. The van der Waals surface area contributed by atoms with Crippen LogP contribution in [0.4, 0.5) is 0 Å². The Balaban J connectivity index is 2.75. The second kappa shape index (κ2) is 2.94. The fourth-order valence-corrected chi connectivity index (χ4v) is 1.34. The lowest BCUT2D eigenvalue weighted by atomic mass is 10.2. The van der Waals surface area contributed by atoms with Crippen molar-refractivity contribution < 1.29 is 5.11 Å². The summed E-state index contributed by atoms with van der Waals surface area (Å²) in [5.74, 6) is 0. The van der Waals surface area contributed by atoms with E-state index in [1.165, 1.54) is 0 Å². The van der Waals surface area contributed by atoms with Crippen molar-refractivity contribution in [2.75, 3.05) is 0 Å². The Morgan fingerprint density at radius 1 is 1.54 bits per heavy atom. The van der Waals surface area contributed by atoms with Crippen LogP contribution in [-0.4, -0.2) is 14.5 Å². The first-order chi connectivity index (χ1) is 6.33. The fourth-order valence-electron chi connectivity index (χ4n) is 1.34. The summed E-state index contributed by atoms with van der Waals surface area (Å²) in [4.78, 5) is 4.20. The Morgan fingerprint density at radius 2 is 2.38 bits per heavy atom. The lowest BCUT2D eigenvalue weighted by molar-refractivity contribution is 0.475. The van der Waals surface area contributed by atoms with Crippen LogP contribution < -0.4 is 0 Å². The number of fused-ring (bicyclic) bond motifs is 1. The standard InChI is InChI=1S/C10H10N2O/c1-8(7-13)10-9-3-2-5-12(9)6-4-11-10/h2-7,13H,1H3. The molecule has 3 heteroatoms. The van der Waals surface area contributed by atoms with Gasteiger partial charge in [0.1, 0.15) is 0 Å². The maximum atomic E-state index is 8.87. The Bertz CT molecular complexity index is 457. The molecule has 2 aromatic rings. The molecule has 2 rings (SSSR count). The van der Waals surface area contributed by atoms with E-state index in [9.17, 15) is 0 Å². The summed E-state index contributed by atoms with van der Waals surface area (Å²) in [6, 6.07) is 3.92. The van der Waals surface area contributed by atoms with Crippen LogP contribution in [0.2, 0.25) is 0 Å². The van der Waals surface area contributed by atoms with E-state index in [2.05, 4.69) is 4.98 Å². The molecule has 1 N–H and O–H groups in total. The largest absolute Gasteiger partial charge is 0.515 e. The minimum atomic E-state index is 0.768. The number of nitrogens with zero attached hydrogens (tertiary/aromatic N) is 2. The smallest absolute Gasteiger partial charge is 0.0929 e. The molecular formula is C10H10N2O. The van der Waals surface area contributed by atoms with E-state index in [-0.39, 0.29) is 0 Å². The van der Waals surface area contributed by atoms with Gasteiger partial charge in [-0.3, -0.25) is 4.98 Å². The molecule has 3 nitrogen and oxygen atoms in total.